The van der Waals surface area contributed by atoms with Gasteiger partial charge in [-0.1, -0.05) is 12.8 Å². The van der Waals surface area contributed by atoms with E-state index in [1.165, 1.54) is 44.2 Å². The van der Waals surface area contributed by atoms with Crippen molar-refractivity contribution >= 4 is 5.69 Å². The Labute approximate surface area is 125 Å². The number of anilines is 1. The van der Waals surface area contributed by atoms with Crippen molar-refractivity contribution in [3.8, 4) is 6.07 Å². The molecule has 0 spiro atoms. The van der Waals surface area contributed by atoms with Crippen molar-refractivity contribution in [2.24, 2.45) is 5.92 Å². The predicted molar refractivity (Wildman–Crippen MR) is 81.5 cm³/mol. The van der Waals surface area contributed by atoms with Crippen LogP contribution in [0.2, 0.25) is 0 Å². The van der Waals surface area contributed by atoms with Gasteiger partial charge in [0.25, 0.3) is 0 Å². The molecule has 112 valence electrons. The van der Waals surface area contributed by atoms with Crippen molar-refractivity contribution in [3.05, 3.63) is 29.6 Å². The number of nitrogens with one attached hydrogen (secondary N) is 2. The number of nitrogens with zero attached hydrogens (tertiary/aromatic N) is 1. The number of hydrogen-bond donors (Lipinski definition) is 2. The minimum absolute atomic E-state index is 0.352. The highest BCUT2D eigenvalue weighted by atomic mass is 19.1. The van der Waals surface area contributed by atoms with Crippen LogP contribution < -0.4 is 10.6 Å². The topological polar surface area (TPSA) is 47.9 Å². The van der Waals surface area contributed by atoms with E-state index in [1.54, 1.807) is 6.07 Å². The monoisotopic (exact) mass is 287 g/mol. The lowest BCUT2D eigenvalue weighted by Crippen LogP contribution is -2.43. The number of rotatable bonds is 3. The van der Waals surface area contributed by atoms with Crippen molar-refractivity contribution in [1.82, 2.24) is 5.32 Å². The van der Waals surface area contributed by atoms with Crippen LogP contribution in [0, 0.1) is 23.1 Å². The first-order valence-corrected chi connectivity index (χ1v) is 7.97. The third-order valence-corrected chi connectivity index (χ3v) is 4.88. The third-order valence-electron chi connectivity index (χ3n) is 4.88. The van der Waals surface area contributed by atoms with Gasteiger partial charge in [0.1, 0.15) is 11.9 Å². The van der Waals surface area contributed by atoms with Crippen LogP contribution in [-0.4, -0.2) is 18.6 Å². The highest BCUT2D eigenvalue weighted by Crippen LogP contribution is 2.33. The number of halogens is 1. The molecule has 4 heteroatoms. The lowest BCUT2D eigenvalue weighted by atomic mass is 9.79. The Kier molecular flexibility index (Phi) is 4.40. The van der Waals surface area contributed by atoms with E-state index in [0.717, 1.165) is 18.7 Å². The summed E-state index contributed by atoms with van der Waals surface area (Å²) in [6.45, 7) is 1.12. The standard InChI is InChI=1S/C17H22FN3/c18-13-7-8-15(12(10-13)11-19)21-17-5-2-1-4-14(17)16-6-3-9-20-16/h7-8,10,14,16-17,20-21H,1-6,9H2. The molecule has 3 atom stereocenters. The molecule has 0 amide bonds. The second-order valence-corrected chi connectivity index (χ2v) is 6.20. The second kappa shape index (κ2) is 6.44. The fourth-order valence-electron chi connectivity index (χ4n) is 3.83. The Morgan fingerprint density at radius 1 is 1.19 bits per heavy atom. The quantitative estimate of drug-likeness (QED) is 0.895. The average molecular weight is 287 g/mol. The maximum Gasteiger partial charge on any atom is 0.124 e. The van der Waals surface area contributed by atoms with E-state index < -0.39 is 0 Å². The summed E-state index contributed by atoms with van der Waals surface area (Å²) in [5, 5.41) is 16.3. The second-order valence-electron chi connectivity index (χ2n) is 6.20. The summed E-state index contributed by atoms with van der Waals surface area (Å²) >= 11 is 0. The van der Waals surface area contributed by atoms with Crippen LogP contribution >= 0.6 is 0 Å². The van der Waals surface area contributed by atoms with Gasteiger partial charge in [-0.2, -0.15) is 5.26 Å². The summed E-state index contributed by atoms with van der Waals surface area (Å²) in [7, 11) is 0. The highest BCUT2D eigenvalue weighted by molar-refractivity contribution is 5.58. The fraction of sp³-hybridized carbons (Fsp3) is 0.588. The Balaban J connectivity index is 1.77. The summed E-state index contributed by atoms with van der Waals surface area (Å²) in [4.78, 5) is 0. The molecule has 3 unspecified atom stereocenters. The number of hydrogen-bond acceptors (Lipinski definition) is 3. The van der Waals surface area contributed by atoms with Gasteiger partial charge < -0.3 is 10.6 Å². The highest BCUT2D eigenvalue weighted by Gasteiger charge is 2.33. The number of benzene rings is 1. The van der Waals surface area contributed by atoms with Crippen LogP contribution in [0.4, 0.5) is 10.1 Å². The third kappa shape index (κ3) is 3.19. The zero-order valence-corrected chi connectivity index (χ0v) is 12.2. The molecule has 1 saturated heterocycles. The van der Waals surface area contributed by atoms with Crippen LogP contribution in [0.5, 0.6) is 0 Å². The van der Waals surface area contributed by atoms with Crippen LogP contribution in [0.25, 0.3) is 0 Å². The minimum atomic E-state index is -0.352. The summed E-state index contributed by atoms with van der Waals surface area (Å²) in [5.74, 6) is 0.257. The maximum atomic E-state index is 13.2. The van der Waals surface area contributed by atoms with Crippen LogP contribution in [0.1, 0.15) is 44.1 Å². The Morgan fingerprint density at radius 2 is 2.05 bits per heavy atom. The summed E-state index contributed by atoms with van der Waals surface area (Å²) < 4.78 is 13.2. The van der Waals surface area contributed by atoms with E-state index in [1.807, 2.05) is 0 Å². The van der Waals surface area contributed by atoms with Gasteiger partial charge in [-0.05, 0) is 56.3 Å². The Bertz CT molecular complexity index is 531. The minimum Gasteiger partial charge on any atom is -0.381 e. The van der Waals surface area contributed by atoms with Gasteiger partial charge >= 0.3 is 0 Å². The van der Waals surface area contributed by atoms with Crippen molar-refractivity contribution in [1.29, 1.82) is 5.26 Å². The first-order valence-electron chi connectivity index (χ1n) is 7.97. The van der Waals surface area contributed by atoms with Gasteiger partial charge in [0.15, 0.2) is 0 Å². The molecule has 1 saturated carbocycles. The van der Waals surface area contributed by atoms with Crippen molar-refractivity contribution in [2.75, 3.05) is 11.9 Å². The maximum absolute atomic E-state index is 13.2. The lowest BCUT2D eigenvalue weighted by molar-refractivity contribution is 0.262. The van der Waals surface area contributed by atoms with Gasteiger partial charge in [0.2, 0.25) is 0 Å². The number of nitriles is 1. The van der Waals surface area contributed by atoms with Crippen molar-refractivity contribution in [2.45, 2.75) is 50.6 Å². The molecule has 1 aliphatic heterocycles. The molecule has 21 heavy (non-hydrogen) atoms. The van der Waals surface area contributed by atoms with Gasteiger partial charge in [0.05, 0.1) is 11.3 Å². The molecule has 2 aliphatic rings. The molecule has 1 aromatic carbocycles. The molecule has 0 aromatic heterocycles. The summed E-state index contributed by atoms with van der Waals surface area (Å²) in [6, 6.07) is 7.50. The molecule has 3 rings (SSSR count). The predicted octanol–water partition coefficient (Wildman–Crippen LogP) is 3.42. The molecular formula is C17H22FN3. The first-order chi connectivity index (χ1) is 10.3. The molecule has 0 bridgehead atoms. The summed E-state index contributed by atoms with van der Waals surface area (Å²) in [5.41, 5.74) is 1.17. The Hall–Kier alpha value is -1.60. The largest absolute Gasteiger partial charge is 0.381 e. The zero-order valence-electron chi connectivity index (χ0n) is 12.2. The molecule has 3 nitrogen and oxygen atoms in total. The molecule has 1 aromatic rings. The fourth-order valence-corrected chi connectivity index (χ4v) is 3.83. The SMILES string of the molecule is N#Cc1cc(F)ccc1NC1CCCCC1C1CCCN1. The van der Waals surface area contributed by atoms with Gasteiger partial charge in [-0.25, -0.2) is 4.39 Å². The molecular weight excluding hydrogens is 265 g/mol. The van der Waals surface area contributed by atoms with E-state index in [4.69, 9.17) is 0 Å². The Morgan fingerprint density at radius 3 is 2.81 bits per heavy atom. The van der Waals surface area contributed by atoms with E-state index in [2.05, 4.69) is 16.7 Å². The normalized spacial score (nSPS) is 29.0. The van der Waals surface area contributed by atoms with E-state index in [9.17, 15) is 9.65 Å². The van der Waals surface area contributed by atoms with Gasteiger partial charge in [-0.3, -0.25) is 0 Å². The smallest absolute Gasteiger partial charge is 0.124 e. The average Bonchev–Trinajstić information content (AvgIpc) is 3.03. The zero-order chi connectivity index (χ0) is 14.7. The molecule has 1 aliphatic carbocycles. The van der Waals surface area contributed by atoms with Crippen molar-refractivity contribution < 1.29 is 4.39 Å². The molecule has 2 N–H and O–H groups in total. The molecule has 1 heterocycles. The van der Waals surface area contributed by atoms with Crippen molar-refractivity contribution in [3.63, 3.8) is 0 Å². The van der Waals surface area contributed by atoms with E-state index in [-0.39, 0.29) is 5.82 Å². The van der Waals surface area contributed by atoms with E-state index in [0.29, 0.717) is 23.6 Å². The van der Waals surface area contributed by atoms with E-state index >= 15 is 0 Å². The van der Waals surface area contributed by atoms with Crippen LogP contribution in [0.15, 0.2) is 18.2 Å². The van der Waals surface area contributed by atoms with Gasteiger partial charge in [-0.15, -0.1) is 0 Å². The first kappa shape index (κ1) is 14.3. The van der Waals surface area contributed by atoms with Gasteiger partial charge in [0, 0.05) is 12.1 Å². The van der Waals surface area contributed by atoms with Crippen LogP contribution in [0.3, 0.4) is 0 Å². The van der Waals surface area contributed by atoms with Crippen LogP contribution in [-0.2, 0) is 0 Å². The lowest BCUT2D eigenvalue weighted by Gasteiger charge is -2.37. The molecule has 0 radical (unpaired) electrons. The molecule has 2 fully saturated rings. The summed E-state index contributed by atoms with van der Waals surface area (Å²) in [6.07, 6.45) is 7.38.